The van der Waals surface area contributed by atoms with Gasteiger partial charge in [-0.25, -0.2) is 0 Å². The molecule has 2 aliphatic rings. The Labute approximate surface area is 121 Å². The van der Waals surface area contributed by atoms with E-state index in [4.69, 9.17) is 5.73 Å². The van der Waals surface area contributed by atoms with E-state index < -0.39 is 0 Å². The zero-order chi connectivity index (χ0) is 14.3. The van der Waals surface area contributed by atoms with Gasteiger partial charge in [0.05, 0.1) is 12.1 Å². The third-order valence-electron chi connectivity index (χ3n) is 5.42. The van der Waals surface area contributed by atoms with Crippen LogP contribution in [-0.4, -0.2) is 18.0 Å². The van der Waals surface area contributed by atoms with E-state index in [-0.39, 0.29) is 5.54 Å². The SMILES string of the molecule is Cc1cccc(N2C(N)=NCC23CCCC(C)C3C)c1. The molecule has 3 heteroatoms. The Balaban J connectivity index is 2.04. The van der Waals surface area contributed by atoms with E-state index in [1.165, 1.54) is 30.5 Å². The predicted molar refractivity (Wildman–Crippen MR) is 85.1 cm³/mol. The second kappa shape index (κ2) is 4.80. The van der Waals surface area contributed by atoms with Gasteiger partial charge in [-0.15, -0.1) is 0 Å². The Bertz CT molecular complexity index is 537. The van der Waals surface area contributed by atoms with Gasteiger partial charge in [0.2, 0.25) is 0 Å². The van der Waals surface area contributed by atoms with Crippen LogP contribution in [0.4, 0.5) is 5.69 Å². The third kappa shape index (κ3) is 1.91. The summed E-state index contributed by atoms with van der Waals surface area (Å²) in [5.41, 5.74) is 8.81. The van der Waals surface area contributed by atoms with Crippen LogP contribution in [0, 0.1) is 18.8 Å². The number of aryl methyl sites for hydroxylation is 1. The molecule has 3 unspecified atom stereocenters. The number of anilines is 1. The van der Waals surface area contributed by atoms with Crippen LogP contribution >= 0.6 is 0 Å². The lowest BCUT2D eigenvalue weighted by molar-refractivity contribution is 0.159. The first-order chi connectivity index (χ1) is 9.54. The minimum Gasteiger partial charge on any atom is -0.369 e. The number of rotatable bonds is 1. The van der Waals surface area contributed by atoms with Crippen molar-refractivity contribution in [1.29, 1.82) is 0 Å². The summed E-state index contributed by atoms with van der Waals surface area (Å²) in [5.74, 6) is 2.04. The van der Waals surface area contributed by atoms with Crippen molar-refractivity contribution in [2.24, 2.45) is 22.6 Å². The zero-order valence-electron chi connectivity index (χ0n) is 12.8. The highest BCUT2D eigenvalue weighted by Crippen LogP contribution is 2.45. The Morgan fingerprint density at radius 2 is 2.15 bits per heavy atom. The van der Waals surface area contributed by atoms with E-state index in [1.54, 1.807) is 0 Å². The smallest absolute Gasteiger partial charge is 0.196 e. The van der Waals surface area contributed by atoms with E-state index in [9.17, 15) is 0 Å². The van der Waals surface area contributed by atoms with Crippen LogP contribution in [0.1, 0.15) is 38.7 Å². The van der Waals surface area contributed by atoms with Gasteiger partial charge < -0.3 is 10.6 Å². The van der Waals surface area contributed by atoms with Crippen LogP contribution in [0.15, 0.2) is 29.3 Å². The highest BCUT2D eigenvalue weighted by molar-refractivity contribution is 5.98. The van der Waals surface area contributed by atoms with E-state index in [2.05, 4.69) is 54.9 Å². The van der Waals surface area contributed by atoms with Gasteiger partial charge in [-0.05, 0) is 42.9 Å². The molecule has 1 saturated carbocycles. The minimum atomic E-state index is 0.0928. The fourth-order valence-corrected chi connectivity index (χ4v) is 4.02. The maximum Gasteiger partial charge on any atom is 0.196 e. The fraction of sp³-hybridized carbons (Fsp3) is 0.588. The minimum absolute atomic E-state index is 0.0928. The van der Waals surface area contributed by atoms with Gasteiger partial charge in [0.25, 0.3) is 0 Å². The third-order valence-corrected chi connectivity index (χ3v) is 5.42. The Kier molecular flexibility index (Phi) is 3.23. The number of nitrogens with zero attached hydrogens (tertiary/aromatic N) is 2. The second-order valence-corrected chi connectivity index (χ2v) is 6.61. The van der Waals surface area contributed by atoms with E-state index in [0.29, 0.717) is 11.9 Å². The number of benzene rings is 1. The highest BCUT2D eigenvalue weighted by atomic mass is 15.4. The predicted octanol–water partition coefficient (Wildman–Crippen LogP) is 3.32. The maximum absolute atomic E-state index is 6.25. The number of hydrogen-bond acceptors (Lipinski definition) is 3. The summed E-state index contributed by atoms with van der Waals surface area (Å²) in [7, 11) is 0. The molecule has 0 bridgehead atoms. The lowest BCUT2D eigenvalue weighted by Gasteiger charge is -2.49. The molecule has 1 aliphatic carbocycles. The first-order valence-electron chi connectivity index (χ1n) is 7.71. The molecule has 3 atom stereocenters. The molecule has 1 aliphatic heterocycles. The van der Waals surface area contributed by atoms with Crippen LogP contribution in [0.3, 0.4) is 0 Å². The molecule has 0 aromatic heterocycles. The van der Waals surface area contributed by atoms with Crippen molar-refractivity contribution in [2.75, 3.05) is 11.4 Å². The molecule has 1 fully saturated rings. The van der Waals surface area contributed by atoms with Crippen LogP contribution in [-0.2, 0) is 0 Å². The molecule has 0 radical (unpaired) electrons. The Morgan fingerprint density at radius 1 is 1.35 bits per heavy atom. The number of hydrogen-bond donors (Lipinski definition) is 1. The summed E-state index contributed by atoms with van der Waals surface area (Å²) in [6.45, 7) is 7.72. The highest BCUT2D eigenvalue weighted by Gasteiger charge is 2.50. The summed E-state index contributed by atoms with van der Waals surface area (Å²) < 4.78 is 0. The van der Waals surface area contributed by atoms with Crippen molar-refractivity contribution >= 4 is 11.6 Å². The zero-order valence-corrected chi connectivity index (χ0v) is 12.8. The van der Waals surface area contributed by atoms with Gasteiger partial charge in [0.1, 0.15) is 0 Å². The molecule has 1 heterocycles. The number of nitrogens with two attached hydrogens (primary N) is 1. The summed E-state index contributed by atoms with van der Waals surface area (Å²) in [5, 5.41) is 0. The number of guanidine groups is 1. The lowest BCUT2D eigenvalue weighted by Crippen LogP contribution is -2.58. The first kappa shape index (κ1) is 13.5. The topological polar surface area (TPSA) is 41.6 Å². The summed E-state index contributed by atoms with van der Waals surface area (Å²) in [6.07, 6.45) is 3.79. The molecule has 108 valence electrons. The van der Waals surface area contributed by atoms with Crippen molar-refractivity contribution in [3.63, 3.8) is 0 Å². The standard InChI is InChI=1S/C17H25N3/c1-12-6-4-8-15(10-12)20-16(18)19-11-17(20)9-5-7-13(2)14(17)3/h4,6,8,10,13-14H,5,7,9,11H2,1-3H3,(H2,18,19). The summed E-state index contributed by atoms with van der Waals surface area (Å²) in [4.78, 5) is 6.93. The molecule has 3 nitrogen and oxygen atoms in total. The molecule has 2 N–H and O–H groups in total. The number of aliphatic imine (C=N–C) groups is 1. The average molecular weight is 271 g/mol. The van der Waals surface area contributed by atoms with Crippen LogP contribution in [0.25, 0.3) is 0 Å². The average Bonchev–Trinajstić information content (AvgIpc) is 2.74. The van der Waals surface area contributed by atoms with Crippen molar-refractivity contribution in [1.82, 2.24) is 0 Å². The van der Waals surface area contributed by atoms with Gasteiger partial charge in [-0.1, -0.05) is 38.8 Å². The Hall–Kier alpha value is -1.51. The molecule has 20 heavy (non-hydrogen) atoms. The van der Waals surface area contributed by atoms with Gasteiger partial charge in [-0.3, -0.25) is 4.99 Å². The molecule has 1 aromatic carbocycles. The van der Waals surface area contributed by atoms with Gasteiger partial charge in [0.15, 0.2) is 5.96 Å². The van der Waals surface area contributed by atoms with Gasteiger partial charge in [0, 0.05) is 5.69 Å². The van der Waals surface area contributed by atoms with E-state index >= 15 is 0 Å². The van der Waals surface area contributed by atoms with Crippen molar-refractivity contribution in [2.45, 2.75) is 45.6 Å². The largest absolute Gasteiger partial charge is 0.369 e. The van der Waals surface area contributed by atoms with Crippen molar-refractivity contribution in [3.8, 4) is 0 Å². The molecular weight excluding hydrogens is 246 g/mol. The molecule has 0 saturated heterocycles. The fourth-order valence-electron chi connectivity index (χ4n) is 4.02. The normalized spacial score (nSPS) is 33.5. The van der Waals surface area contributed by atoms with Crippen molar-refractivity contribution < 1.29 is 0 Å². The van der Waals surface area contributed by atoms with Crippen molar-refractivity contribution in [3.05, 3.63) is 29.8 Å². The summed E-state index contributed by atoms with van der Waals surface area (Å²) in [6, 6.07) is 8.63. The van der Waals surface area contributed by atoms with E-state index in [0.717, 1.165) is 12.5 Å². The molecular formula is C17H25N3. The molecule has 1 spiro atoms. The second-order valence-electron chi connectivity index (χ2n) is 6.61. The monoisotopic (exact) mass is 271 g/mol. The van der Waals surface area contributed by atoms with E-state index in [1.807, 2.05) is 0 Å². The van der Waals surface area contributed by atoms with Gasteiger partial charge in [-0.2, -0.15) is 0 Å². The van der Waals surface area contributed by atoms with Gasteiger partial charge >= 0.3 is 0 Å². The molecule has 3 rings (SSSR count). The lowest BCUT2D eigenvalue weighted by atomic mass is 9.67. The molecule has 1 aromatic rings. The Morgan fingerprint density at radius 3 is 2.90 bits per heavy atom. The quantitative estimate of drug-likeness (QED) is 0.851. The first-order valence-corrected chi connectivity index (χ1v) is 7.71. The van der Waals surface area contributed by atoms with Crippen LogP contribution in [0.5, 0.6) is 0 Å². The maximum atomic E-state index is 6.25. The van der Waals surface area contributed by atoms with Crippen LogP contribution < -0.4 is 10.6 Å². The summed E-state index contributed by atoms with van der Waals surface area (Å²) >= 11 is 0. The molecule has 0 amide bonds. The van der Waals surface area contributed by atoms with Crippen LogP contribution in [0.2, 0.25) is 0 Å².